The van der Waals surface area contributed by atoms with E-state index in [2.05, 4.69) is 15.3 Å². The number of benzene rings is 1. The van der Waals surface area contributed by atoms with Gasteiger partial charge in [0.15, 0.2) is 0 Å². The van der Waals surface area contributed by atoms with Crippen molar-refractivity contribution in [3.8, 4) is 6.07 Å². The molecule has 1 amide bonds. The number of hydrogen-bond acceptors (Lipinski definition) is 5. The SMILES string of the molecule is N#Cc1cccc(NC(=O)Cn2nc(N3CCCCC3)ccc2=O)c1. The van der Waals surface area contributed by atoms with Gasteiger partial charge in [0, 0.05) is 24.8 Å². The predicted molar refractivity (Wildman–Crippen MR) is 94.3 cm³/mol. The molecule has 1 N–H and O–H groups in total. The fraction of sp³-hybridized carbons (Fsp3) is 0.333. The van der Waals surface area contributed by atoms with Crippen LogP contribution >= 0.6 is 0 Å². The number of nitrogens with one attached hydrogen (secondary N) is 1. The minimum absolute atomic E-state index is 0.169. The molecule has 3 rings (SSSR count). The van der Waals surface area contributed by atoms with Crippen LogP contribution in [0.3, 0.4) is 0 Å². The summed E-state index contributed by atoms with van der Waals surface area (Å²) in [5.41, 5.74) is 0.658. The highest BCUT2D eigenvalue weighted by molar-refractivity contribution is 5.90. The van der Waals surface area contributed by atoms with E-state index in [0.29, 0.717) is 11.3 Å². The molecule has 2 aromatic rings. The lowest BCUT2D eigenvalue weighted by atomic mass is 10.1. The van der Waals surface area contributed by atoms with Gasteiger partial charge in [0.05, 0.1) is 11.6 Å². The van der Waals surface area contributed by atoms with Crippen molar-refractivity contribution in [3.63, 3.8) is 0 Å². The molecule has 0 atom stereocenters. The maximum absolute atomic E-state index is 12.2. The minimum Gasteiger partial charge on any atom is -0.355 e. The Hall–Kier alpha value is -3.14. The minimum atomic E-state index is -0.361. The van der Waals surface area contributed by atoms with Crippen LogP contribution in [0.5, 0.6) is 0 Å². The number of rotatable bonds is 4. The smallest absolute Gasteiger partial charge is 0.267 e. The van der Waals surface area contributed by atoms with E-state index < -0.39 is 0 Å². The van der Waals surface area contributed by atoms with Crippen LogP contribution in [0, 0.1) is 11.3 Å². The Kier molecular flexibility index (Phi) is 5.09. The third-order valence-corrected chi connectivity index (χ3v) is 4.10. The molecule has 7 nitrogen and oxygen atoms in total. The van der Waals surface area contributed by atoms with Gasteiger partial charge in [-0.15, -0.1) is 0 Å². The molecule has 1 aliphatic heterocycles. The third-order valence-electron chi connectivity index (χ3n) is 4.10. The average molecular weight is 337 g/mol. The van der Waals surface area contributed by atoms with Gasteiger partial charge in [-0.1, -0.05) is 6.07 Å². The van der Waals surface area contributed by atoms with E-state index in [-0.39, 0.29) is 18.0 Å². The first-order chi connectivity index (χ1) is 12.2. The lowest BCUT2D eigenvalue weighted by Crippen LogP contribution is -2.34. The summed E-state index contributed by atoms with van der Waals surface area (Å²) in [6.45, 7) is 1.66. The molecule has 0 aliphatic carbocycles. The molecule has 1 aromatic heterocycles. The molecular formula is C18H19N5O2. The van der Waals surface area contributed by atoms with E-state index in [1.807, 2.05) is 6.07 Å². The Morgan fingerprint density at radius 3 is 2.76 bits per heavy atom. The number of nitriles is 1. The largest absolute Gasteiger partial charge is 0.355 e. The van der Waals surface area contributed by atoms with E-state index in [4.69, 9.17) is 5.26 Å². The normalized spacial score (nSPS) is 14.0. The second-order valence-corrected chi connectivity index (χ2v) is 5.98. The van der Waals surface area contributed by atoms with Gasteiger partial charge in [0.25, 0.3) is 5.56 Å². The molecule has 1 saturated heterocycles. The molecule has 25 heavy (non-hydrogen) atoms. The molecule has 1 aromatic carbocycles. The summed E-state index contributed by atoms with van der Waals surface area (Å²) >= 11 is 0. The van der Waals surface area contributed by atoms with Crippen molar-refractivity contribution < 1.29 is 4.79 Å². The van der Waals surface area contributed by atoms with E-state index in [0.717, 1.165) is 31.7 Å². The lowest BCUT2D eigenvalue weighted by Gasteiger charge is -2.27. The number of nitrogens with zero attached hydrogens (tertiary/aromatic N) is 4. The fourth-order valence-electron chi connectivity index (χ4n) is 2.85. The zero-order valence-electron chi connectivity index (χ0n) is 13.8. The van der Waals surface area contributed by atoms with Crippen molar-refractivity contribution in [2.45, 2.75) is 25.8 Å². The zero-order chi connectivity index (χ0) is 17.6. The standard InChI is InChI=1S/C18H19N5O2/c19-12-14-5-4-6-15(11-14)20-17(24)13-23-18(25)8-7-16(21-23)22-9-2-1-3-10-22/h4-8,11H,1-3,9-10,13H2,(H,20,24). The Labute approximate surface area is 145 Å². The predicted octanol–water partition coefficient (Wildman–Crippen LogP) is 1.74. The van der Waals surface area contributed by atoms with Gasteiger partial charge >= 0.3 is 0 Å². The van der Waals surface area contributed by atoms with E-state index in [1.165, 1.54) is 17.2 Å². The van der Waals surface area contributed by atoms with Gasteiger partial charge in [-0.2, -0.15) is 10.4 Å². The fourth-order valence-corrected chi connectivity index (χ4v) is 2.85. The number of amides is 1. The van der Waals surface area contributed by atoms with Crippen molar-refractivity contribution in [2.75, 3.05) is 23.3 Å². The van der Waals surface area contributed by atoms with Crippen molar-refractivity contribution in [2.24, 2.45) is 0 Å². The van der Waals surface area contributed by atoms with Gasteiger partial charge in [0.2, 0.25) is 5.91 Å². The molecule has 2 heterocycles. The van der Waals surface area contributed by atoms with E-state index in [9.17, 15) is 9.59 Å². The molecule has 0 saturated carbocycles. The summed E-state index contributed by atoms with van der Waals surface area (Å²) in [6.07, 6.45) is 3.42. The number of piperidine rings is 1. The van der Waals surface area contributed by atoms with Crippen molar-refractivity contribution in [3.05, 3.63) is 52.3 Å². The number of aromatic nitrogens is 2. The Morgan fingerprint density at radius 1 is 1.20 bits per heavy atom. The first-order valence-electron chi connectivity index (χ1n) is 8.29. The van der Waals surface area contributed by atoms with Gasteiger partial charge in [0.1, 0.15) is 12.4 Å². The summed E-state index contributed by atoms with van der Waals surface area (Å²) in [5, 5.41) is 15.9. The molecule has 0 unspecified atom stereocenters. The number of anilines is 2. The highest BCUT2D eigenvalue weighted by atomic mass is 16.2. The van der Waals surface area contributed by atoms with E-state index in [1.54, 1.807) is 30.3 Å². The zero-order valence-corrected chi connectivity index (χ0v) is 13.8. The van der Waals surface area contributed by atoms with Crippen LogP contribution in [0.25, 0.3) is 0 Å². The first-order valence-corrected chi connectivity index (χ1v) is 8.29. The Morgan fingerprint density at radius 2 is 2.00 bits per heavy atom. The summed E-state index contributed by atoms with van der Waals surface area (Å²) in [6, 6.07) is 11.8. The van der Waals surface area contributed by atoms with Gasteiger partial charge < -0.3 is 10.2 Å². The molecule has 1 aliphatic rings. The van der Waals surface area contributed by atoms with Crippen LogP contribution in [-0.2, 0) is 11.3 Å². The quantitative estimate of drug-likeness (QED) is 0.918. The highest BCUT2D eigenvalue weighted by Gasteiger charge is 2.14. The van der Waals surface area contributed by atoms with Crippen molar-refractivity contribution in [1.82, 2.24) is 9.78 Å². The Balaban J connectivity index is 1.72. The summed E-state index contributed by atoms with van der Waals surface area (Å²) in [5.74, 6) is 0.360. The van der Waals surface area contributed by atoms with Gasteiger partial charge in [-0.05, 0) is 43.5 Å². The van der Waals surface area contributed by atoms with E-state index >= 15 is 0 Å². The van der Waals surface area contributed by atoms with Crippen LogP contribution in [0.2, 0.25) is 0 Å². The molecule has 1 fully saturated rings. The van der Waals surface area contributed by atoms with Crippen molar-refractivity contribution >= 4 is 17.4 Å². The summed E-state index contributed by atoms with van der Waals surface area (Å²) in [7, 11) is 0. The molecule has 7 heteroatoms. The topological polar surface area (TPSA) is 91.0 Å². The maximum atomic E-state index is 12.2. The summed E-state index contributed by atoms with van der Waals surface area (Å²) < 4.78 is 1.17. The maximum Gasteiger partial charge on any atom is 0.267 e. The number of carbonyl (C=O) groups excluding carboxylic acids is 1. The van der Waals surface area contributed by atoms with Crippen LogP contribution in [-0.4, -0.2) is 28.8 Å². The summed E-state index contributed by atoms with van der Waals surface area (Å²) in [4.78, 5) is 26.3. The Bertz CT molecular complexity index is 862. The van der Waals surface area contributed by atoms with Crippen LogP contribution < -0.4 is 15.8 Å². The number of hydrogen-bond donors (Lipinski definition) is 1. The number of carbonyl (C=O) groups is 1. The molecule has 0 bridgehead atoms. The van der Waals surface area contributed by atoms with Crippen LogP contribution in [0.4, 0.5) is 11.5 Å². The second-order valence-electron chi connectivity index (χ2n) is 5.98. The van der Waals surface area contributed by atoms with Crippen molar-refractivity contribution in [1.29, 1.82) is 5.26 Å². The first kappa shape index (κ1) is 16.7. The molecule has 0 radical (unpaired) electrons. The monoisotopic (exact) mass is 337 g/mol. The molecule has 128 valence electrons. The lowest BCUT2D eigenvalue weighted by molar-refractivity contribution is -0.117. The average Bonchev–Trinajstić information content (AvgIpc) is 2.64. The van der Waals surface area contributed by atoms with Crippen LogP contribution in [0.15, 0.2) is 41.2 Å². The third kappa shape index (κ3) is 4.23. The highest BCUT2D eigenvalue weighted by Crippen LogP contribution is 2.16. The molecule has 0 spiro atoms. The van der Waals surface area contributed by atoms with Gasteiger partial charge in [-0.3, -0.25) is 9.59 Å². The van der Waals surface area contributed by atoms with Crippen LogP contribution in [0.1, 0.15) is 24.8 Å². The molecular weight excluding hydrogens is 318 g/mol. The van der Waals surface area contributed by atoms with Gasteiger partial charge in [-0.25, -0.2) is 4.68 Å². The second kappa shape index (κ2) is 7.62.